The van der Waals surface area contributed by atoms with Crippen LogP contribution in [0.4, 0.5) is 10.1 Å². The molecule has 0 spiro atoms. The van der Waals surface area contributed by atoms with Gasteiger partial charge in [0.2, 0.25) is 0 Å². The molecule has 0 unspecified atom stereocenters. The number of rotatable bonds is 1. The van der Waals surface area contributed by atoms with Crippen LogP contribution in [0.25, 0.3) is 0 Å². The molecule has 0 aliphatic carbocycles. The van der Waals surface area contributed by atoms with Crippen LogP contribution < -0.4 is 5.73 Å². The van der Waals surface area contributed by atoms with Crippen molar-refractivity contribution in [2.24, 2.45) is 0 Å². The van der Waals surface area contributed by atoms with Crippen LogP contribution in [0.1, 0.15) is 10.4 Å². The molecule has 0 amide bonds. The largest absolute Gasteiger partial charge is 0.478 e. The number of carbonyl (C=O) groups is 1. The first-order valence-electron chi connectivity index (χ1n) is 3.34. The van der Waals surface area contributed by atoms with E-state index in [-0.39, 0.29) is 11.3 Å². The van der Waals surface area contributed by atoms with Crippen molar-refractivity contribution < 1.29 is 19.4 Å². The van der Waals surface area contributed by atoms with E-state index >= 15 is 0 Å². The highest BCUT2D eigenvalue weighted by atomic mass is 19.1. The average molecular weight is 187 g/mol. The predicted octanol–water partition coefficient (Wildman–Crippen LogP) is 0.715. The summed E-state index contributed by atoms with van der Waals surface area (Å²) in [5.41, 5.74) is 4.96. The Hall–Kier alpha value is -1.62. The summed E-state index contributed by atoms with van der Waals surface area (Å²) in [6.07, 6.45) is 0. The molecule has 1 rings (SSSR count). The lowest BCUT2D eigenvalue weighted by Crippen LogP contribution is -1.99. The van der Waals surface area contributed by atoms with Crippen LogP contribution in [-0.4, -0.2) is 23.3 Å². The zero-order valence-electron chi connectivity index (χ0n) is 6.99. The molecule has 0 saturated heterocycles. The Morgan fingerprint density at radius 1 is 1.46 bits per heavy atom. The fourth-order valence-electron chi connectivity index (χ4n) is 0.677. The summed E-state index contributed by atoms with van der Waals surface area (Å²) < 4.78 is 12.4. The molecule has 0 aliphatic rings. The summed E-state index contributed by atoms with van der Waals surface area (Å²) in [5, 5.41) is 15.4. The van der Waals surface area contributed by atoms with E-state index in [1.54, 1.807) is 0 Å². The number of carboxylic acids is 1. The van der Waals surface area contributed by atoms with Gasteiger partial charge in [-0.05, 0) is 18.2 Å². The van der Waals surface area contributed by atoms with E-state index in [9.17, 15) is 9.18 Å². The second kappa shape index (κ2) is 5.10. The lowest BCUT2D eigenvalue weighted by atomic mass is 10.2. The quantitative estimate of drug-likeness (QED) is 0.565. The zero-order chi connectivity index (χ0) is 10.4. The molecule has 0 bridgehead atoms. The molecule has 4 N–H and O–H groups in total. The van der Waals surface area contributed by atoms with Gasteiger partial charge in [0, 0.05) is 7.11 Å². The molecular formula is C8H10FNO3. The third-order valence-electron chi connectivity index (χ3n) is 1.24. The molecule has 4 nitrogen and oxygen atoms in total. The summed E-state index contributed by atoms with van der Waals surface area (Å²) in [6.45, 7) is 0. The maximum atomic E-state index is 12.4. The number of benzene rings is 1. The Bertz CT molecular complexity index is 301. The second-order valence-electron chi connectivity index (χ2n) is 2.04. The molecule has 5 heteroatoms. The van der Waals surface area contributed by atoms with Gasteiger partial charge in [-0.2, -0.15) is 0 Å². The number of hydrogen-bond donors (Lipinski definition) is 3. The van der Waals surface area contributed by atoms with Gasteiger partial charge in [-0.25, -0.2) is 9.18 Å². The maximum Gasteiger partial charge on any atom is 0.335 e. The summed E-state index contributed by atoms with van der Waals surface area (Å²) in [7, 11) is 1.00. The minimum Gasteiger partial charge on any atom is -0.478 e. The molecule has 13 heavy (non-hydrogen) atoms. The lowest BCUT2D eigenvalue weighted by Gasteiger charge is -1.96. The highest BCUT2D eigenvalue weighted by Crippen LogP contribution is 2.11. The van der Waals surface area contributed by atoms with Crippen LogP contribution in [0.5, 0.6) is 0 Å². The molecule has 0 heterocycles. The Morgan fingerprint density at radius 2 is 2.00 bits per heavy atom. The van der Waals surface area contributed by atoms with Crippen LogP contribution in [0.15, 0.2) is 18.2 Å². The van der Waals surface area contributed by atoms with E-state index < -0.39 is 11.8 Å². The smallest absolute Gasteiger partial charge is 0.335 e. The molecule has 1 aromatic rings. The Kier molecular flexibility index (Phi) is 4.47. The van der Waals surface area contributed by atoms with Crippen LogP contribution in [0, 0.1) is 5.82 Å². The molecule has 72 valence electrons. The number of aliphatic hydroxyl groups excluding tert-OH is 1. The van der Waals surface area contributed by atoms with Crippen molar-refractivity contribution in [2.75, 3.05) is 12.8 Å². The van der Waals surface area contributed by atoms with E-state index in [2.05, 4.69) is 0 Å². The SMILES string of the molecule is CO.Nc1cc(C(=O)O)ccc1F. The summed E-state index contributed by atoms with van der Waals surface area (Å²) in [4.78, 5) is 10.3. The standard InChI is InChI=1S/C7H6FNO2.CH4O/c8-5-2-1-4(7(10)11)3-6(5)9;1-2/h1-3H,9H2,(H,10,11);2H,1H3. The second-order valence-corrected chi connectivity index (χ2v) is 2.04. The van der Waals surface area contributed by atoms with E-state index in [4.69, 9.17) is 15.9 Å². The summed E-state index contributed by atoms with van der Waals surface area (Å²) in [6, 6.07) is 3.27. The fourth-order valence-corrected chi connectivity index (χ4v) is 0.677. The number of nitrogen functional groups attached to an aromatic ring is 1. The van der Waals surface area contributed by atoms with Crippen LogP contribution in [0.3, 0.4) is 0 Å². The van der Waals surface area contributed by atoms with Gasteiger partial charge >= 0.3 is 5.97 Å². The van der Waals surface area contributed by atoms with Crippen molar-refractivity contribution in [3.05, 3.63) is 29.6 Å². The molecule has 0 radical (unpaired) electrons. The van der Waals surface area contributed by atoms with E-state index in [0.29, 0.717) is 0 Å². The van der Waals surface area contributed by atoms with Crippen LogP contribution in [0.2, 0.25) is 0 Å². The first kappa shape index (κ1) is 11.4. The molecule has 1 aromatic carbocycles. The van der Waals surface area contributed by atoms with Crippen molar-refractivity contribution in [1.82, 2.24) is 0 Å². The number of nitrogens with two attached hydrogens (primary N) is 1. The minimum atomic E-state index is -1.11. The predicted molar refractivity (Wildman–Crippen MR) is 45.9 cm³/mol. The van der Waals surface area contributed by atoms with Gasteiger partial charge < -0.3 is 15.9 Å². The molecule has 0 fully saturated rings. The Labute approximate surface area is 74.4 Å². The van der Waals surface area contributed by atoms with E-state index in [1.807, 2.05) is 0 Å². The van der Waals surface area contributed by atoms with E-state index in [1.165, 1.54) is 0 Å². The first-order chi connectivity index (χ1) is 6.11. The van der Waals surface area contributed by atoms with Gasteiger partial charge in [-0.15, -0.1) is 0 Å². The summed E-state index contributed by atoms with van der Waals surface area (Å²) >= 11 is 0. The third-order valence-corrected chi connectivity index (χ3v) is 1.24. The van der Waals surface area contributed by atoms with Gasteiger partial charge in [0.05, 0.1) is 11.3 Å². The first-order valence-corrected chi connectivity index (χ1v) is 3.34. The average Bonchev–Trinajstić information content (AvgIpc) is 2.13. The molecule has 0 atom stereocenters. The van der Waals surface area contributed by atoms with Crippen molar-refractivity contribution in [1.29, 1.82) is 0 Å². The minimum absolute atomic E-state index is 0.0103. The van der Waals surface area contributed by atoms with Crippen molar-refractivity contribution in [3.63, 3.8) is 0 Å². The number of hydrogen-bond acceptors (Lipinski definition) is 3. The van der Waals surface area contributed by atoms with Gasteiger partial charge in [0.15, 0.2) is 0 Å². The number of halogens is 1. The highest BCUT2D eigenvalue weighted by molar-refractivity contribution is 5.88. The van der Waals surface area contributed by atoms with Gasteiger partial charge in [0.25, 0.3) is 0 Å². The van der Waals surface area contributed by atoms with Gasteiger partial charge in [0.1, 0.15) is 5.82 Å². The maximum absolute atomic E-state index is 12.4. The Balaban J connectivity index is 0.000000671. The molecule has 0 aliphatic heterocycles. The van der Waals surface area contributed by atoms with Gasteiger partial charge in [-0.1, -0.05) is 0 Å². The van der Waals surface area contributed by atoms with Crippen molar-refractivity contribution >= 4 is 11.7 Å². The topological polar surface area (TPSA) is 83.5 Å². The number of carboxylic acid groups (broad SMARTS) is 1. The normalized spacial score (nSPS) is 8.54. The van der Waals surface area contributed by atoms with Gasteiger partial charge in [-0.3, -0.25) is 0 Å². The Morgan fingerprint density at radius 3 is 2.38 bits per heavy atom. The van der Waals surface area contributed by atoms with E-state index in [0.717, 1.165) is 25.3 Å². The fraction of sp³-hybridized carbons (Fsp3) is 0.125. The van der Waals surface area contributed by atoms with Crippen molar-refractivity contribution in [3.8, 4) is 0 Å². The zero-order valence-corrected chi connectivity index (χ0v) is 6.99. The van der Waals surface area contributed by atoms with Crippen LogP contribution in [-0.2, 0) is 0 Å². The lowest BCUT2D eigenvalue weighted by molar-refractivity contribution is 0.0697. The molecular weight excluding hydrogens is 177 g/mol. The van der Waals surface area contributed by atoms with Crippen LogP contribution >= 0.6 is 0 Å². The molecule has 0 saturated carbocycles. The monoisotopic (exact) mass is 187 g/mol. The third kappa shape index (κ3) is 3.08. The summed E-state index contributed by atoms with van der Waals surface area (Å²) in [5.74, 6) is -1.72. The molecule has 0 aromatic heterocycles. The number of aliphatic hydroxyl groups is 1. The number of aromatic carboxylic acids is 1. The van der Waals surface area contributed by atoms with Crippen molar-refractivity contribution in [2.45, 2.75) is 0 Å². The number of anilines is 1. The highest BCUT2D eigenvalue weighted by Gasteiger charge is 2.04.